The molecule has 5 heteroatoms. The number of likely N-dealkylation sites (tertiary alicyclic amines) is 1. The van der Waals surface area contributed by atoms with E-state index in [0.29, 0.717) is 25.9 Å². The van der Waals surface area contributed by atoms with Crippen LogP contribution in [0.5, 0.6) is 0 Å². The van der Waals surface area contributed by atoms with Crippen molar-refractivity contribution in [2.24, 2.45) is 5.92 Å². The molecule has 0 aromatic heterocycles. The molecule has 2 aliphatic rings. The summed E-state index contributed by atoms with van der Waals surface area (Å²) >= 11 is 0. The maximum Gasteiger partial charge on any atom is 0.410 e. The fourth-order valence-electron chi connectivity index (χ4n) is 3.73. The first-order chi connectivity index (χ1) is 11.8. The summed E-state index contributed by atoms with van der Waals surface area (Å²) in [7, 11) is 0. The van der Waals surface area contributed by atoms with Gasteiger partial charge >= 0.3 is 6.09 Å². The number of carbonyl (C=O) groups excluding carboxylic acids is 2. The number of carbonyl (C=O) groups is 2. The maximum absolute atomic E-state index is 13.1. The lowest BCUT2D eigenvalue weighted by molar-refractivity contribution is -0.124. The minimum Gasteiger partial charge on any atom is -0.444 e. The molecule has 0 radical (unpaired) electrons. The zero-order chi connectivity index (χ0) is 18.2. The molecule has 1 saturated heterocycles. The normalized spacial score (nSPS) is 21.2. The molecule has 3 rings (SSSR count). The summed E-state index contributed by atoms with van der Waals surface area (Å²) in [4.78, 5) is 28.9. The third kappa shape index (κ3) is 3.80. The number of anilines is 1. The van der Waals surface area contributed by atoms with Crippen molar-refractivity contribution in [3.63, 3.8) is 0 Å². The Hall–Kier alpha value is -2.04. The van der Waals surface area contributed by atoms with Crippen molar-refractivity contribution >= 4 is 17.7 Å². The molecule has 0 saturated carbocycles. The average molecular weight is 344 g/mol. The van der Waals surface area contributed by atoms with Gasteiger partial charge in [-0.25, -0.2) is 4.79 Å². The molecule has 1 atom stereocenters. The molecule has 1 aromatic rings. The van der Waals surface area contributed by atoms with Crippen LogP contribution in [0.2, 0.25) is 0 Å². The summed E-state index contributed by atoms with van der Waals surface area (Å²) in [6.07, 6.45) is 2.03. The van der Waals surface area contributed by atoms with Crippen molar-refractivity contribution in [2.45, 2.75) is 58.6 Å². The number of hydrogen-bond acceptors (Lipinski definition) is 3. The zero-order valence-corrected chi connectivity index (χ0v) is 15.6. The molecule has 136 valence electrons. The summed E-state index contributed by atoms with van der Waals surface area (Å²) in [5, 5.41) is 0. The van der Waals surface area contributed by atoms with E-state index in [-0.39, 0.29) is 24.0 Å². The Balaban J connectivity index is 1.62. The van der Waals surface area contributed by atoms with Gasteiger partial charge in [0.1, 0.15) is 5.60 Å². The van der Waals surface area contributed by atoms with E-state index in [2.05, 4.69) is 13.0 Å². The number of piperidine rings is 1. The first-order valence-electron chi connectivity index (χ1n) is 9.15. The van der Waals surface area contributed by atoms with Crippen molar-refractivity contribution in [3.8, 4) is 0 Å². The van der Waals surface area contributed by atoms with Gasteiger partial charge in [0.25, 0.3) is 0 Å². The molecule has 1 fully saturated rings. The molecular formula is C20H28N2O3. The van der Waals surface area contributed by atoms with Gasteiger partial charge in [-0.05, 0) is 58.6 Å². The third-order valence-corrected chi connectivity index (χ3v) is 4.94. The zero-order valence-electron chi connectivity index (χ0n) is 15.6. The Kier molecular flexibility index (Phi) is 4.76. The number of rotatable bonds is 1. The fourth-order valence-corrected chi connectivity index (χ4v) is 3.73. The summed E-state index contributed by atoms with van der Waals surface area (Å²) < 4.78 is 5.43. The first kappa shape index (κ1) is 17.8. The number of benzene rings is 1. The lowest BCUT2D eigenvalue weighted by Gasteiger charge is -2.35. The molecule has 0 spiro atoms. The van der Waals surface area contributed by atoms with E-state index in [9.17, 15) is 9.59 Å². The maximum atomic E-state index is 13.1. The highest BCUT2D eigenvalue weighted by Gasteiger charge is 2.37. The first-order valence-corrected chi connectivity index (χ1v) is 9.15. The largest absolute Gasteiger partial charge is 0.444 e. The minimum absolute atomic E-state index is 0.0210. The van der Waals surface area contributed by atoms with Gasteiger partial charge in [0.15, 0.2) is 0 Å². The number of hydrogen-bond donors (Lipinski definition) is 0. The van der Waals surface area contributed by atoms with Crippen molar-refractivity contribution in [1.29, 1.82) is 0 Å². The molecule has 25 heavy (non-hydrogen) atoms. The number of nitrogens with zero attached hydrogens (tertiary/aromatic N) is 2. The van der Waals surface area contributed by atoms with Crippen molar-refractivity contribution < 1.29 is 14.3 Å². The Morgan fingerprint density at radius 2 is 1.76 bits per heavy atom. The smallest absolute Gasteiger partial charge is 0.410 e. The predicted octanol–water partition coefficient (Wildman–Crippen LogP) is 3.61. The van der Waals surface area contributed by atoms with Crippen LogP contribution in [-0.4, -0.2) is 41.6 Å². The number of amides is 2. The van der Waals surface area contributed by atoms with Crippen molar-refractivity contribution in [1.82, 2.24) is 4.90 Å². The predicted molar refractivity (Wildman–Crippen MR) is 97.6 cm³/mol. The van der Waals surface area contributed by atoms with E-state index in [1.54, 1.807) is 4.90 Å². The lowest BCUT2D eigenvalue weighted by atomic mass is 9.95. The lowest BCUT2D eigenvalue weighted by Crippen LogP contribution is -2.47. The van der Waals surface area contributed by atoms with Gasteiger partial charge < -0.3 is 14.5 Å². The topological polar surface area (TPSA) is 49.9 Å². The Morgan fingerprint density at radius 1 is 1.12 bits per heavy atom. The van der Waals surface area contributed by atoms with Crippen LogP contribution < -0.4 is 4.90 Å². The molecule has 1 aromatic carbocycles. The number of fused-ring (bicyclic) bond motifs is 1. The molecular weight excluding hydrogens is 316 g/mol. The van der Waals surface area contributed by atoms with E-state index in [0.717, 1.165) is 12.1 Å². The SMILES string of the molecule is CC1Cc2ccccc2N1C(=O)C1CCN(C(=O)OC(C)(C)C)CC1. The van der Waals surface area contributed by atoms with Gasteiger partial charge in [0, 0.05) is 30.7 Å². The Bertz CT molecular complexity index is 657. The molecule has 1 unspecified atom stereocenters. The minimum atomic E-state index is -0.488. The highest BCUT2D eigenvalue weighted by Crippen LogP contribution is 2.34. The van der Waals surface area contributed by atoms with Gasteiger partial charge in [0.2, 0.25) is 5.91 Å². The van der Waals surface area contributed by atoms with Gasteiger partial charge in [-0.1, -0.05) is 18.2 Å². The van der Waals surface area contributed by atoms with Gasteiger partial charge in [-0.2, -0.15) is 0 Å². The van der Waals surface area contributed by atoms with Gasteiger partial charge in [0.05, 0.1) is 0 Å². The fraction of sp³-hybridized carbons (Fsp3) is 0.600. The van der Waals surface area contributed by atoms with Crippen LogP contribution in [0.1, 0.15) is 46.1 Å². The number of ether oxygens (including phenoxy) is 1. The molecule has 0 aliphatic carbocycles. The third-order valence-electron chi connectivity index (χ3n) is 4.94. The molecule has 2 heterocycles. The van der Waals surface area contributed by atoms with Crippen LogP contribution in [0.25, 0.3) is 0 Å². The van der Waals surface area contributed by atoms with E-state index in [4.69, 9.17) is 4.74 Å². The Morgan fingerprint density at radius 3 is 2.40 bits per heavy atom. The average Bonchev–Trinajstić information content (AvgIpc) is 2.88. The highest BCUT2D eigenvalue weighted by atomic mass is 16.6. The van der Waals surface area contributed by atoms with E-state index in [1.807, 2.05) is 43.9 Å². The van der Waals surface area contributed by atoms with Crippen molar-refractivity contribution in [3.05, 3.63) is 29.8 Å². The summed E-state index contributed by atoms with van der Waals surface area (Å²) in [5.41, 5.74) is 1.81. The quantitative estimate of drug-likeness (QED) is 0.782. The van der Waals surface area contributed by atoms with Crippen LogP contribution in [0.15, 0.2) is 24.3 Å². The second-order valence-electron chi connectivity index (χ2n) is 8.13. The summed E-state index contributed by atoms with van der Waals surface area (Å²) in [6, 6.07) is 8.35. The van der Waals surface area contributed by atoms with Gasteiger partial charge in [-0.3, -0.25) is 4.79 Å². The second-order valence-corrected chi connectivity index (χ2v) is 8.13. The van der Waals surface area contributed by atoms with Crippen LogP contribution in [0.4, 0.5) is 10.5 Å². The summed E-state index contributed by atoms with van der Waals surface area (Å²) in [5.74, 6) is 0.175. The van der Waals surface area contributed by atoms with Crippen molar-refractivity contribution in [2.75, 3.05) is 18.0 Å². The molecule has 5 nitrogen and oxygen atoms in total. The molecule has 0 bridgehead atoms. The van der Waals surface area contributed by atoms with Crippen LogP contribution in [0.3, 0.4) is 0 Å². The molecule has 2 aliphatic heterocycles. The summed E-state index contributed by atoms with van der Waals surface area (Å²) in [6.45, 7) is 8.87. The van der Waals surface area contributed by atoms with E-state index < -0.39 is 5.60 Å². The van der Waals surface area contributed by atoms with Crippen LogP contribution in [0, 0.1) is 5.92 Å². The van der Waals surface area contributed by atoms with Crippen LogP contribution >= 0.6 is 0 Å². The molecule has 0 N–H and O–H groups in total. The second kappa shape index (κ2) is 6.70. The van der Waals surface area contributed by atoms with E-state index >= 15 is 0 Å². The molecule has 2 amide bonds. The number of para-hydroxylation sites is 1. The van der Waals surface area contributed by atoms with Gasteiger partial charge in [-0.15, -0.1) is 0 Å². The van der Waals surface area contributed by atoms with E-state index in [1.165, 1.54) is 5.56 Å². The highest BCUT2D eigenvalue weighted by molar-refractivity contribution is 5.97. The standard InChI is InChI=1S/C20H28N2O3/c1-14-13-16-7-5-6-8-17(16)22(14)18(23)15-9-11-21(12-10-15)19(24)25-20(2,3)4/h5-8,14-15H,9-13H2,1-4H3. The van der Waals surface area contributed by atoms with Crippen LogP contribution in [-0.2, 0) is 16.0 Å². The Labute approximate surface area is 149 Å². The monoisotopic (exact) mass is 344 g/mol.